The molecule has 4 atom stereocenters. The molecule has 0 saturated carbocycles. The fourth-order valence-electron chi connectivity index (χ4n) is 10.8. The van der Waals surface area contributed by atoms with Gasteiger partial charge >= 0.3 is 11.9 Å². The summed E-state index contributed by atoms with van der Waals surface area (Å²) in [6.07, 6.45) is 9.94. The molecule has 4 aromatic rings. The van der Waals surface area contributed by atoms with Gasteiger partial charge in [0.15, 0.2) is 46.0 Å². The first-order valence-electron chi connectivity index (χ1n) is 25.5. The molecular weight excluding hydrogens is 949 g/mol. The van der Waals surface area contributed by atoms with Gasteiger partial charge in [-0.1, -0.05) is 12.2 Å². The van der Waals surface area contributed by atoms with Gasteiger partial charge in [-0.15, -0.1) is 0 Å². The lowest BCUT2D eigenvalue weighted by atomic mass is 9.86. The van der Waals surface area contributed by atoms with E-state index in [1.807, 2.05) is 36.4 Å². The van der Waals surface area contributed by atoms with Crippen molar-refractivity contribution in [1.29, 1.82) is 0 Å². The largest absolute Gasteiger partial charge is 0.493 e. The summed E-state index contributed by atoms with van der Waals surface area (Å²) in [5.74, 6) is 5.81. The van der Waals surface area contributed by atoms with Crippen LogP contribution in [0, 0.1) is 0 Å². The molecule has 4 aromatic carbocycles. The molecule has 404 valence electrons. The molecule has 0 fully saturated rings. The normalized spacial score (nSPS) is 18.9. The zero-order chi connectivity index (χ0) is 53.4. The summed E-state index contributed by atoms with van der Waals surface area (Å²) in [6.45, 7) is 4.02. The van der Waals surface area contributed by atoms with E-state index in [4.69, 9.17) is 56.8 Å². The molecule has 6 rings (SSSR count). The SMILES string of the molecule is COc1cc2c(cc1OC)C(Cc1cc(OC)c(OC)c(OC)c1)[N+](C)(CCCOC(=O)CC/C=C\CCC(=O)OCCC[N+]1(C)CCc3cc(OC)c(OC)cc3C1Cc1cc(OC)c(OC)c(OC)c1)CC2. The highest BCUT2D eigenvalue weighted by atomic mass is 16.6. The van der Waals surface area contributed by atoms with Gasteiger partial charge in [0.1, 0.15) is 12.1 Å². The third kappa shape index (κ3) is 13.4. The van der Waals surface area contributed by atoms with Crippen molar-refractivity contribution in [3.8, 4) is 57.5 Å². The van der Waals surface area contributed by atoms with Crippen LogP contribution in [0.3, 0.4) is 0 Å². The van der Waals surface area contributed by atoms with Crippen LogP contribution >= 0.6 is 0 Å². The fraction of sp³-hybridized carbons (Fsp3) is 0.517. The molecule has 0 saturated heterocycles. The van der Waals surface area contributed by atoms with Crippen molar-refractivity contribution in [3.05, 3.63) is 94.1 Å². The number of hydrogen-bond acceptors (Lipinski definition) is 14. The smallest absolute Gasteiger partial charge is 0.306 e. The molecule has 0 radical (unpaired) electrons. The van der Waals surface area contributed by atoms with Gasteiger partial charge in [0.05, 0.1) is 125 Å². The van der Waals surface area contributed by atoms with Crippen LogP contribution in [0.4, 0.5) is 0 Å². The summed E-state index contributed by atoms with van der Waals surface area (Å²) in [5.41, 5.74) is 6.93. The third-order valence-corrected chi connectivity index (χ3v) is 15.0. The third-order valence-electron chi connectivity index (χ3n) is 15.0. The second-order valence-corrected chi connectivity index (χ2v) is 19.4. The minimum absolute atomic E-state index is 0.0551. The van der Waals surface area contributed by atoms with Crippen LogP contribution < -0.4 is 47.4 Å². The van der Waals surface area contributed by atoms with Gasteiger partial charge in [0, 0.05) is 62.5 Å². The highest BCUT2D eigenvalue weighted by Gasteiger charge is 2.42. The molecular formula is C58H80N2O14+2. The van der Waals surface area contributed by atoms with Crippen LogP contribution in [0.5, 0.6) is 57.5 Å². The van der Waals surface area contributed by atoms with E-state index in [0.29, 0.717) is 109 Å². The van der Waals surface area contributed by atoms with E-state index < -0.39 is 0 Å². The predicted molar refractivity (Wildman–Crippen MR) is 282 cm³/mol. The quantitative estimate of drug-likeness (QED) is 0.0231. The molecule has 0 spiro atoms. The maximum absolute atomic E-state index is 12.9. The Kier molecular flexibility index (Phi) is 20.4. The zero-order valence-corrected chi connectivity index (χ0v) is 45.9. The number of quaternary nitrogens is 2. The van der Waals surface area contributed by atoms with E-state index in [-0.39, 0.29) is 36.9 Å². The fourth-order valence-corrected chi connectivity index (χ4v) is 10.8. The Bertz CT molecular complexity index is 2340. The molecule has 4 unspecified atom stereocenters. The molecule has 2 aliphatic heterocycles. The maximum Gasteiger partial charge on any atom is 0.306 e. The van der Waals surface area contributed by atoms with E-state index in [9.17, 15) is 9.59 Å². The lowest BCUT2D eigenvalue weighted by molar-refractivity contribution is -0.941. The van der Waals surface area contributed by atoms with E-state index in [1.54, 1.807) is 71.1 Å². The highest BCUT2D eigenvalue weighted by Crippen LogP contribution is 2.47. The van der Waals surface area contributed by atoms with Crippen molar-refractivity contribution in [1.82, 2.24) is 0 Å². The molecule has 2 heterocycles. The van der Waals surface area contributed by atoms with Gasteiger partial charge in [0.2, 0.25) is 11.5 Å². The van der Waals surface area contributed by atoms with Crippen LogP contribution in [0.1, 0.15) is 84.0 Å². The summed E-state index contributed by atoms with van der Waals surface area (Å²) in [6, 6.07) is 16.5. The second-order valence-electron chi connectivity index (χ2n) is 19.4. The van der Waals surface area contributed by atoms with Crippen molar-refractivity contribution >= 4 is 11.9 Å². The molecule has 16 nitrogen and oxygen atoms in total. The Morgan fingerprint density at radius 1 is 0.459 bits per heavy atom. The summed E-state index contributed by atoms with van der Waals surface area (Å²) in [5, 5.41) is 0. The van der Waals surface area contributed by atoms with Crippen LogP contribution in [-0.2, 0) is 44.7 Å². The van der Waals surface area contributed by atoms with Gasteiger partial charge in [-0.25, -0.2) is 0 Å². The molecule has 2 aliphatic rings. The van der Waals surface area contributed by atoms with Gasteiger partial charge in [-0.2, -0.15) is 0 Å². The molecule has 0 aromatic heterocycles. The van der Waals surface area contributed by atoms with E-state index in [2.05, 4.69) is 38.4 Å². The van der Waals surface area contributed by atoms with Crippen LogP contribution in [-0.4, -0.2) is 145 Å². The number of nitrogens with zero attached hydrogens (tertiary/aromatic N) is 2. The Morgan fingerprint density at radius 2 is 0.784 bits per heavy atom. The van der Waals surface area contributed by atoms with E-state index in [0.717, 1.165) is 59.1 Å². The highest BCUT2D eigenvalue weighted by molar-refractivity contribution is 5.70. The number of carbonyl (C=O) groups is 2. The average Bonchev–Trinajstić information content (AvgIpc) is 3.42. The molecule has 0 bridgehead atoms. The molecule has 0 N–H and O–H groups in total. The topological polar surface area (TPSA) is 145 Å². The first-order valence-corrected chi connectivity index (χ1v) is 25.5. The number of allylic oxidation sites excluding steroid dienone is 2. The summed E-state index contributed by atoms with van der Waals surface area (Å²) >= 11 is 0. The molecule has 74 heavy (non-hydrogen) atoms. The van der Waals surface area contributed by atoms with Gasteiger partial charge < -0.3 is 65.8 Å². The van der Waals surface area contributed by atoms with Crippen LogP contribution in [0.25, 0.3) is 0 Å². The van der Waals surface area contributed by atoms with Crippen molar-refractivity contribution in [2.24, 2.45) is 0 Å². The monoisotopic (exact) mass is 1030 g/mol. The van der Waals surface area contributed by atoms with Crippen molar-refractivity contribution in [3.63, 3.8) is 0 Å². The summed E-state index contributed by atoms with van der Waals surface area (Å²) in [4.78, 5) is 25.7. The van der Waals surface area contributed by atoms with Crippen LogP contribution in [0.15, 0.2) is 60.7 Å². The summed E-state index contributed by atoms with van der Waals surface area (Å²) < 4.78 is 69.8. The van der Waals surface area contributed by atoms with E-state index >= 15 is 0 Å². The number of ether oxygens (including phenoxy) is 12. The van der Waals surface area contributed by atoms with Crippen molar-refractivity contribution in [2.45, 2.75) is 76.3 Å². The lowest BCUT2D eigenvalue weighted by Gasteiger charge is -2.46. The number of benzene rings is 4. The van der Waals surface area contributed by atoms with Crippen molar-refractivity contribution in [2.75, 3.05) is 125 Å². The molecule has 0 amide bonds. The van der Waals surface area contributed by atoms with E-state index in [1.165, 1.54) is 22.3 Å². The number of esters is 2. The number of likely N-dealkylation sites (N-methyl/N-ethyl adjacent to an activating group) is 2. The van der Waals surface area contributed by atoms with Crippen molar-refractivity contribution < 1.29 is 75.4 Å². The molecule has 16 heteroatoms. The minimum Gasteiger partial charge on any atom is -0.493 e. The number of fused-ring (bicyclic) bond motifs is 2. The Morgan fingerprint density at radius 3 is 1.09 bits per heavy atom. The Hall–Kier alpha value is -6.52. The first-order chi connectivity index (χ1) is 35.7. The standard InChI is InChI=1S/C58H80N2O14/c1-59(25-21-41-35-47(63-3)49(65-5)37-43(41)45(59)29-39-31-51(67-7)57(71-11)52(32-39)68-8)23-17-27-73-55(61)19-15-13-14-16-20-56(62)74-28-18-24-60(2)26-22-42-36-48(64-4)50(66-6)38-44(42)46(60)30-40-33-53(69-9)58(72-12)54(34-40)70-10/h13-14,31-38,45-46H,15-30H2,1-12H3/q+2/b14-13-. The Labute approximate surface area is 438 Å². The number of methoxy groups -OCH3 is 10. The zero-order valence-electron chi connectivity index (χ0n) is 45.9. The van der Waals surface area contributed by atoms with Gasteiger partial charge in [-0.05, 0) is 83.6 Å². The summed E-state index contributed by atoms with van der Waals surface area (Å²) in [7, 11) is 20.9. The van der Waals surface area contributed by atoms with Gasteiger partial charge in [0.25, 0.3) is 0 Å². The predicted octanol–water partition coefficient (Wildman–Crippen LogP) is 9.03. The lowest BCUT2D eigenvalue weighted by Crippen LogP contribution is -2.52. The maximum atomic E-state index is 12.9. The number of rotatable bonds is 28. The average molecular weight is 1030 g/mol. The van der Waals surface area contributed by atoms with Gasteiger partial charge in [-0.3, -0.25) is 9.59 Å². The number of carbonyl (C=O) groups excluding carboxylic acids is 2. The number of hydrogen-bond donors (Lipinski definition) is 0. The minimum atomic E-state index is -0.246. The van der Waals surface area contributed by atoms with Crippen LogP contribution in [0.2, 0.25) is 0 Å². The Balaban J connectivity index is 0.967. The molecule has 0 aliphatic carbocycles. The second kappa shape index (κ2) is 26.6. The first kappa shape index (κ1) is 56.8.